The fourth-order valence-corrected chi connectivity index (χ4v) is 7.37. The van der Waals surface area contributed by atoms with Gasteiger partial charge in [0.1, 0.15) is 11.4 Å². The number of aromatic nitrogens is 4. The maximum absolute atomic E-state index is 14.0. The number of hydrogen-bond acceptors (Lipinski definition) is 6. The number of nitrogens with one attached hydrogen (secondary N) is 1. The number of likely N-dealkylation sites (tertiary alicyclic amines) is 1. The third-order valence-electron chi connectivity index (χ3n) is 9.65. The lowest BCUT2D eigenvalue weighted by Gasteiger charge is -2.34. The number of methoxy groups -OCH3 is 1. The van der Waals surface area contributed by atoms with Crippen LogP contribution in [0, 0.1) is 0 Å². The molecule has 0 radical (unpaired) electrons. The Hall–Kier alpha value is -4.90. The maximum Gasteiger partial charge on any atom is 0.407 e. The van der Waals surface area contributed by atoms with E-state index in [2.05, 4.69) is 22.9 Å². The molecule has 1 aliphatic rings. The topological polar surface area (TPSA) is 113 Å². The number of hydrogen-bond donors (Lipinski definition) is 1. The second-order valence-electron chi connectivity index (χ2n) is 14.8. The van der Waals surface area contributed by atoms with Gasteiger partial charge >= 0.3 is 11.8 Å². The largest absolute Gasteiger partial charge is 0.444 e. The van der Waals surface area contributed by atoms with Crippen LogP contribution in [-0.2, 0) is 33.8 Å². The van der Waals surface area contributed by atoms with E-state index in [0.29, 0.717) is 32.7 Å². The molecule has 6 rings (SSSR count). The minimum absolute atomic E-state index is 0.0142. The molecule has 5 aromatic rings. The fraction of sp³-hybridized carbons (Fsp3) is 0.463. The van der Waals surface area contributed by atoms with E-state index in [1.54, 1.807) is 11.7 Å². The van der Waals surface area contributed by atoms with Gasteiger partial charge in [-0.2, -0.15) is 0 Å². The van der Waals surface area contributed by atoms with Crippen molar-refractivity contribution in [2.45, 2.75) is 96.9 Å². The maximum atomic E-state index is 14.0. The zero-order valence-corrected chi connectivity index (χ0v) is 31.1. The quantitative estimate of drug-likeness (QED) is 0.134. The molecule has 11 heteroatoms. The zero-order chi connectivity index (χ0) is 36.8. The van der Waals surface area contributed by atoms with E-state index >= 15 is 0 Å². The molecule has 2 aromatic heterocycles. The lowest BCUT2D eigenvalue weighted by molar-refractivity contribution is -0.133. The highest BCUT2D eigenvalue weighted by Gasteiger charge is 2.31. The van der Waals surface area contributed by atoms with Crippen molar-refractivity contribution < 1.29 is 19.1 Å². The molecular weight excluding hydrogens is 656 g/mol. The van der Waals surface area contributed by atoms with E-state index in [1.165, 1.54) is 0 Å². The van der Waals surface area contributed by atoms with Crippen LogP contribution in [-0.4, -0.2) is 74.0 Å². The molecule has 1 N–H and O–H groups in total. The smallest absolute Gasteiger partial charge is 0.407 e. The molecule has 2 amide bonds. The first kappa shape index (κ1) is 36.9. The third-order valence-corrected chi connectivity index (χ3v) is 9.65. The van der Waals surface area contributed by atoms with Crippen molar-refractivity contribution in [3.05, 3.63) is 94.7 Å². The van der Waals surface area contributed by atoms with Gasteiger partial charge in [-0.3, -0.25) is 13.9 Å². The molecule has 1 saturated heterocycles. The van der Waals surface area contributed by atoms with Crippen molar-refractivity contribution in [1.82, 2.24) is 28.9 Å². The molecule has 276 valence electrons. The standard InChI is InChI=1S/C41H52N6O5/c1-6-22-46-35-16-9-10-17-36(35)47(40(46)50)32-20-18-29(19-21-32)26-31(42-39(49)52-41(2,3)4)27-37(48)44-23-11-13-30(28-44)38-43-33-14-7-8-15-34(33)45(38)24-12-25-51-5/h7-10,14-21,30-31H,6,11-13,22-28H2,1-5H3,(H,42,49)/t30-,31-/m1/s1. The van der Waals surface area contributed by atoms with E-state index in [-0.39, 0.29) is 23.9 Å². The van der Waals surface area contributed by atoms with Crippen LogP contribution in [0.5, 0.6) is 0 Å². The average molecular weight is 709 g/mol. The van der Waals surface area contributed by atoms with Gasteiger partial charge in [0.25, 0.3) is 0 Å². The molecule has 0 unspecified atom stereocenters. The Balaban J connectivity index is 1.20. The van der Waals surface area contributed by atoms with Crippen LogP contribution in [0.2, 0.25) is 0 Å². The number of alkyl carbamates (subject to hydrolysis) is 1. The van der Waals surface area contributed by atoms with E-state index < -0.39 is 17.7 Å². The predicted octanol–water partition coefficient (Wildman–Crippen LogP) is 6.82. The monoisotopic (exact) mass is 708 g/mol. The summed E-state index contributed by atoms with van der Waals surface area (Å²) in [6.07, 6.45) is 3.54. The summed E-state index contributed by atoms with van der Waals surface area (Å²) in [4.78, 5) is 47.5. The van der Waals surface area contributed by atoms with Crippen molar-refractivity contribution >= 4 is 34.1 Å². The number of amides is 2. The molecule has 2 atom stereocenters. The van der Waals surface area contributed by atoms with Gasteiger partial charge in [-0.15, -0.1) is 0 Å². The van der Waals surface area contributed by atoms with Crippen LogP contribution in [0.15, 0.2) is 77.6 Å². The molecule has 3 heterocycles. The molecule has 3 aromatic carbocycles. The van der Waals surface area contributed by atoms with Crippen molar-refractivity contribution in [1.29, 1.82) is 0 Å². The first-order valence-electron chi connectivity index (χ1n) is 18.6. The Morgan fingerprint density at radius 2 is 1.65 bits per heavy atom. The van der Waals surface area contributed by atoms with Gasteiger partial charge in [-0.25, -0.2) is 14.6 Å². The van der Waals surface area contributed by atoms with Gasteiger partial charge in [0, 0.05) is 58.3 Å². The molecular formula is C41H52N6O5. The summed E-state index contributed by atoms with van der Waals surface area (Å²) in [7, 11) is 1.72. The average Bonchev–Trinajstić information content (AvgIpc) is 3.62. The number of nitrogens with zero attached hydrogens (tertiary/aromatic N) is 5. The number of rotatable bonds is 13. The van der Waals surface area contributed by atoms with Crippen molar-refractivity contribution in [3.8, 4) is 5.69 Å². The molecule has 1 fully saturated rings. The highest BCUT2D eigenvalue weighted by Crippen LogP contribution is 2.30. The fourth-order valence-electron chi connectivity index (χ4n) is 7.37. The second kappa shape index (κ2) is 16.2. The van der Waals surface area contributed by atoms with E-state index in [1.807, 2.05) is 97.0 Å². The summed E-state index contributed by atoms with van der Waals surface area (Å²) in [6, 6.07) is 23.3. The highest BCUT2D eigenvalue weighted by molar-refractivity contribution is 5.79. The van der Waals surface area contributed by atoms with Gasteiger partial charge in [-0.1, -0.05) is 43.3 Å². The van der Waals surface area contributed by atoms with Gasteiger partial charge < -0.3 is 24.3 Å². The molecule has 11 nitrogen and oxygen atoms in total. The summed E-state index contributed by atoms with van der Waals surface area (Å²) in [6.45, 7) is 10.9. The van der Waals surface area contributed by atoms with Crippen LogP contribution in [0.3, 0.4) is 0 Å². The van der Waals surface area contributed by atoms with E-state index in [4.69, 9.17) is 14.5 Å². The zero-order valence-electron chi connectivity index (χ0n) is 31.1. The van der Waals surface area contributed by atoms with Crippen LogP contribution < -0.4 is 11.0 Å². The molecule has 0 bridgehead atoms. The number of imidazole rings is 2. The lowest BCUT2D eigenvalue weighted by Crippen LogP contribution is -2.46. The Morgan fingerprint density at radius 1 is 0.942 bits per heavy atom. The number of para-hydroxylation sites is 4. The van der Waals surface area contributed by atoms with Gasteiger partial charge in [0.2, 0.25) is 5.91 Å². The summed E-state index contributed by atoms with van der Waals surface area (Å²) in [5, 5.41) is 2.99. The van der Waals surface area contributed by atoms with Crippen LogP contribution in [0.1, 0.15) is 77.1 Å². The summed E-state index contributed by atoms with van der Waals surface area (Å²) in [5.41, 5.74) is 4.76. The minimum atomic E-state index is -0.681. The molecule has 1 aliphatic heterocycles. The number of benzene rings is 3. The summed E-state index contributed by atoms with van der Waals surface area (Å²) < 4.78 is 16.8. The van der Waals surface area contributed by atoms with E-state index in [0.717, 1.165) is 71.4 Å². The van der Waals surface area contributed by atoms with E-state index in [9.17, 15) is 14.4 Å². The van der Waals surface area contributed by atoms with Crippen LogP contribution >= 0.6 is 0 Å². The number of carbonyl (C=O) groups excluding carboxylic acids is 2. The molecule has 52 heavy (non-hydrogen) atoms. The van der Waals surface area contributed by atoms with Gasteiger partial charge in [0.15, 0.2) is 0 Å². The molecule has 0 aliphatic carbocycles. The number of aryl methyl sites for hydroxylation is 2. The number of ether oxygens (including phenoxy) is 2. The first-order valence-corrected chi connectivity index (χ1v) is 18.6. The predicted molar refractivity (Wildman–Crippen MR) is 204 cm³/mol. The normalized spacial score (nSPS) is 15.6. The first-order chi connectivity index (χ1) is 25.1. The Kier molecular flexibility index (Phi) is 11.5. The number of carbonyl (C=O) groups is 2. The Bertz CT molecular complexity index is 2050. The number of piperidine rings is 1. The van der Waals surface area contributed by atoms with Gasteiger partial charge in [-0.05, 0) is 94.8 Å². The summed E-state index contributed by atoms with van der Waals surface area (Å²) in [5.74, 6) is 1.10. The third kappa shape index (κ3) is 8.41. The van der Waals surface area contributed by atoms with Crippen molar-refractivity contribution in [3.63, 3.8) is 0 Å². The highest BCUT2D eigenvalue weighted by atomic mass is 16.6. The molecule has 0 saturated carbocycles. The minimum Gasteiger partial charge on any atom is -0.444 e. The molecule has 0 spiro atoms. The lowest BCUT2D eigenvalue weighted by atomic mass is 9.95. The van der Waals surface area contributed by atoms with Gasteiger partial charge in [0.05, 0.1) is 27.8 Å². The van der Waals surface area contributed by atoms with Crippen molar-refractivity contribution in [2.75, 3.05) is 26.8 Å². The number of fused-ring (bicyclic) bond motifs is 2. The SMILES string of the molecule is CCCn1c(=O)n(-c2ccc(C[C@H](CC(=O)N3CCC[C@@H](c4nc5ccccc5n4CCCOC)C3)NC(=O)OC(C)(C)C)cc2)c2ccccc21. The van der Waals surface area contributed by atoms with Crippen molar-refractivity contribution in [2.24, 2.45) is 0 Å². The Labute approximate surface area is 305 Å². The summed E-state index contributed by atoms with van der Waals surface area (Å²) >= 11 is 0. The van der Waals surface area contributed by atoms with Crippen LogP contribution in [0.4, 0.5) is 4.79 Å². The Morgan fingerprint density at radius 3 is 2.37 bits per heavy atom. The second-order valence-corrected chi connectivity index (χ2v) is 14.8. The van der Waals surface area contributed by atoms with Crippen LogP contribution in [0.25, 0.3) is 27.8 Å².